The summed E-state index contributed by atoms with van der Waals surface area (Å²) in [4.78, 5) is 6.54. The molecule has 0 fully saturated rings. The van der Waals surface area contributed by atoms with E-state index in [9.17, 15) is 0 Å². The lowest BCUT2D eigenvalue weighted by atomic mass is 10.1. The number of rotatable bonds is 4. The van der Waals surface area contributed by atoms with E-state index in [1.54, 1.807) is 7.11 Å². The number of methoxy groups -OCH3 is 1. The van der Waals surface area contributed by atoms with Crippen LogP contribution in [0.25, 0.3) is 0 Å². The van der Waals surface area contributed by atoms with Crippen molar-refractivity contribution in [1.82, 2.24) is 0 Å². The second-order valence-corrected chi connectivity index (χ2v) is 7.38. The van der Waals surface area contributed by atoms with Gasteiger partial charge in [0.15, 0.2) is 0 Å². The van der Waals surface area contributed by atoms with Crippen LogP contribution < -0.4 is 9.64 Å². The first-order chi connectivity index (χ1) is 14.0. The van der Waals surface area contributed by atoms with E-state index >= 15 is 0 Å². The Bertz CT molecular complexity index is 1040. The minimum Gasteiger partial charge on any atom is -0.497 e. The maximum absolute atomic E-state index is 6.39. The number of aryl methyl sites for hydroxylation is 2. The van der Waals surface area contributed by atoms with Crippen LogP contribution in [-0.4, -0.2) is 18.1 Å². The molecule has 3 aromatic rings. The van der Waals surface area contributed by atoms with Crippen molar-refractivity contribution in [1.29, 1.82) is 0 Å². The molecule has 29 heavy (non-hydrogen) atoms. The summed E-state index contributed by atoms with van der Waals surface area (Å²) in [6, 6.07) is 24.1. The Morgan fingerprint density at radius 2 is 1.45 bits per heavy atom. The van der Waals surface area contributed by atoms with Gasteiger partial charge in [-0.05, 0) is 74.6 Å². The van der Waals surface area contributed by atoms with Crippen LogP contribution in [0.15, 0.2) is 77.8 Å². The molecule has 5 heteroatoms. The van der Waals surface area contributed by atoms with Gasteiger partial charge in [0.1, 0.15) is 5.75 Å². The van der Waals surface area contributed by atoms with Crippen LogP contribution in [-0.2, 0) is 4.74 Å². The molecule has 0 aliphatic carbocycles. The van der Waals surface area contributed by atoms with Crippen molar-refractivity contribution in [3.05, 3.63) is 95.1 Å². The number of ether oxygens (including phenoxy) is 2. The SMILES string of the molecule is COc1ccc(C2OC(c3ccc(C)cc3)=NC(=S)N2c2ccc(C)cc2)cc1. The number of thiocarbonyl (C=S) groups is 1. The molecule has 0 N–H and O–H groups in total. The van der Waals surface area contributed by atoms with E-state index in [4.69, 9.17) is 21.7 Å². The highest BCUT2D eigenvalue weighted by Crippen LogP contribution is 2.34. The molecule has 1 aliphatic heterocycles. The highest BCUT2D eigenvalue weighted by atomic mass is 32.1. The Morgan fingerprint density at radius 3 is 2.03 bits per heavy atom. The number of anilines is 1. The van der Waals surface area contributed by atoms with Crippen LogP contribution in [0.2, 0.25) is 0 Å². The molecule has 0 amide bonds. The zero-order valence-electron chi connectivity index (χ0n) is 16.6. The number of nitrogens with zero attached hydrogens (tertiary/aromatic N) is 2. The smallest absolute Gasteiger partial charge is 0.225 e. The van der Waals surface area contributed by atoms with E-state index in [0.29, 0.717) is 11.0 Å². The molecular weight excluding hydrogens is 380 g/mol. The van der Waals surface area contributed by atoms with Crippen molar-refractivity contribution >= 4 is 28.9 Å². The van der Waals surface area contributed by atoms with E-state index in [1.807, 2.05) is 65.6 Å². The molecule has 146 valence electrons. The van der Waals surface area contributed by atoms with E-state index in [0.717, 1.165) is 22.6 Å². The standard InChI is InChI=1S/C24H22N2O2S/c1-16-4-8-18(9-5-16)22-25-24(29)26(20-12-6-17(2)7-13-20)23(28-22)19-10-14-21(27-3)15-11-19/h4-15,23H,1-3H3. The third-order valence-electron chi connectivity index (χ3n) is 4.87. The van der Waals surface area contributed by atoms with E-state index in [-0.39, 0.29) is 0 Å². The Morgan fingerprint density at radius 1 is 0.862 bits per heavy atom. The summed E-state index contributed by atoms with van der Waals surface area (Å²) in [5, 5.41) is 0.469. The van der Waals surface area contributed by atoms with E-state index < -0.39 is 6.23 Å². The monoisotopic (exact) mass is 402 g/mol. The highest BCUT2D eigenvalue weighted by Gasteiger charge is 2.32. The average molecular weight is 403 g/mol. The van der Waals surface area contributed by atoms with Crippen molar-refractivity contribution in [3.8, 4) is 5.75 Å². The molecule has 1 atom stereocenters. The number of benzene rings is 3. The lowest BCUT2D eigenvalue weighted by Gasteiger charge is -2.36. The lowest BCUT2D eigenvalue weighted by Crippen LogP contribution is -2.40. The molecule has 4 rings (SSSR count). The fraction of sp³-hybridized carbons (Fsp3) is 0.167. The second-order valence-electron chi connectivity index (χ2n) is 7.01. The number of aliphatic imine (C=N–C) groups is 1. The molecule has 0 radical (unpaired) electrons. The van der Waals surface area contributed by atoms with Crippen LogP contribution >= 0.6 is 12.2 Å². The van der Waals surface area contributed by atoms with Crippen LogP contribution in [0.4, 0.5) is 5.69 Å². The van der Waals surface area contributed by atoms with Gasteiger partial charge in [0.2, 0.25) is 17.2 Å². The van der Waals surface area contributed by atoms with Gasteiger partial charge in [0.05, 0.1) is 7.11 Å². The Labute approximate surface area is 176 Å². The molecule has 1 heterocycles. The largest absolute Gasteiger partial charge is 0.497 e. The van der Waals surface area contributed by atoms with Crippen molar-refractivity contribution in [2.45, 2.75) is 20.1 Å². The lowest BCUT2D eigenvalue weighted by molar-refractivity contribution is 0.196. The normalized spacial score (nSPS) is 16.2. The summed E-state index contributed by atoms with van der Waals surface area (Å²) in [6.45, 7) is 4.11. The minimum atomic E-state index is -0.426. The Balaban J connectivity index is 1.77. The summed E-state index contributed by atoms with van der Waals surface area (Å²) >= 11 is 5.70. The topological polar surface area (TPSA) is 34.1 Å². The van der Waals surface area contributed by atoms with Gasteiger partial charge < -0.3 is 9.47 Å². The summed E-state index contributed by atoms with van der Waals surface area (Å²) in [5.41, 5.74) is 5.17. The third-order valence-corrected chi connectivity index (χ3v) is 5.16. The molecule has 0 aromatic heterocycles. The summed E-state index contributed by atoms with van der Waals surface area (Å²) in [7, 11) is 1.65. The maximum atomic E-state index is 6.39. The van der Waals surface area contributed by atoms with Gasteiger partial charge in [-0.15, -0.1) is 0 Å². The quantitative estimate of drug-likeness (QED) is 0.534. The molecule has 0 bridgehead atoms. The average Bonchev–Trinajstić information content (AvgIpc) is 2.75. The Hall–Kier alpha value is -3.18. The van der Waals surface area contributed by atoms with Crippen molar-refractivity contribution in [2.75, 3.05) is 12.0 Å². The molecule has 1 aliphatic rings. The molecular formula is C24H22N2O2S. The summed E-state index contributed by atoms with van der Waals surface area (Å²) in [6.07, 6.45) is -0.426. The molecule has 3 aromatic carbocycles. The highest BCUT2D eigenvalue weighted by molar-refractivity contribution is 7.80. The molecule has 4 nitrogen and oxygen atoms in total. The number of hydrogen-bond acceptors (Lipinski definition) is 3. The molecule has 1 unspecified atom stereocenters. The van der Waals surface area contributed by atoms with Gasteiger partial charge in [-0.2, -0.15) is 4.99 Å². The first-order valence-electron chi connectivity index (χ1n) is 9.41. The molecule has 0 spiro atoms. The van der Waals surface area contributed by atoms with Crippen molar-refractivity contribution in [2.24, 2.45) is 4.99 Å². The van der Waals surface area contributed by atoms with Crippen LogP contribution in [0.5, 0.6) is 5.75 Å². The van der Waals surface area contributed by atoms with E-state index in [2.05, 4.69) is 31.0 Å². The van der Waals surface area contributed by atoms with Crippen molar-refractivity contribution in [3.63, 3.8) is 0 Å². The van der Waals surface area contributed by atoms with Gasteiger partial charge in [-0.25, -0.2) is 0 Å². The third kappa shape index (κ3) is 4.00. The van der Waals surface area contributed by atoms with Gasteiger partial charge in [0.25, 0.3) is 0 Å². The maximum Gasteiger partial charge on any atom is 0.225 e. The van der Waals surface area contributed by atoms with Crippen LogP contribution in [0, 0.1) is 13.8 Å². The van der Waals surface area contributed by atoms with Gasteiger partial charge >= 0.3 is 0 Å². The fourth-order valence-corrected chi connectivity index (χ4v) is 3.48. The minimum absolute atomic E-state index is 0.426. The zero-order valence-corrected chi connectivity index (χ0v) is 17.4. The van der Waals surface area contributed by atoms with Gasteiger partial charge in [-0.1, -0.05) is 35.4 Å². The summed E-state index contributed by atoms with van der Waals surface area (Å²) in [5.74, 6) is 1.32. The van der Waals surface area contributed by atoms with Crippen LogP contribution in [0.3, 0.4) is 0 Å². The van der Waals surface area contributed by atoms with Gasteiger partial charge in [-0.3, -0.25) is 4.90 Å². The fourth-order valence-electron chi connectivity index (χ4n) is 3.19. The zero-order chi connectivity index (χ0) is 20.4. The predicted octanol–water partition coefficient (Wildman–Crippen LogP) is 5.58. The predicted molar refractivity (Wildman–Crippen MR) is 121 cm³/mol. The Kier molecular flexibility index (Phi) is 5.32. The van der Waals surface area contributed by atoms with Crippen molar-refractivity contribution < 1.29 is 9.47 Å². The number of hydrogen-bond donors (Lipinski definition) is 0. The molecule has 0 saturated carbocycles. The molecule has 0 saturated heterocycles. The first kappa shape index (κ1) is 19.2. The first-order valence-corrected chi connectivity index (χ1v) is 9.82. The summed E-state index contributed by atoms with van der Waals surface area (Å²) < 4.78 is 11.7. The second kappa shape index (κ2) is 8.05. The van der Waals surface area contributed by atoms with Gasteiger partial charge in [0, 0.05) is 16.8 Å². The van der Waals surface area contributed by atoms with E-state index in [1.165, 1.54) is 11.1 Å². The van der Waals surface area contributed by atoms with Crippen LogP contribution in [0.1, 0.15) is 28.5 Å².